The molecule has 34 heavy (non-hydrogen) atoms. The van der Waals surface area contributed by atoms with Crippen LogP contribution in [0.15, 0.2) is 84.0 Å². The molecule has 0 saturated heterocycles. The quantitative estimate of drug-likeness (QED) is 0.340. The summed E-state index contributed by atoms with van der Waals surface area (Å²) in [5.41, 5.74) is 2.44. The number of fused-ring (bicyclic) bond motifs is 2. The van der Waals surface area contributed by atoms with Crippen molar-refractivity contribution in [2.75, 3.05) is 21.3 Å². The van der Waals surface area contributed by atoms with Crippen LogP contribution in [0.1, 0.15) is 0 Å². The van der Waals surface area contributed by atoms with E-state index in [1.807, 2.05) is 30.3 Å². The van der Waals surface area contributed by atoms with Crippen molar-refractivity contribution >= 4 is 31.8 Å². The predicted molar refractivity (Wildman–Crippen MR) is 131 cm³/mol. The highest BCUT2D eigenvalue weighted by atomic mass is 32.2. The lowest BCUT2D eigenvalue weighted by Gasteiger charge is -2.10. The molecule has 5 aromatic rings. The monoisotopic (exact) mass is 474 g/mol. The molecular weight excluding hydrogens is 452 g/mol. The molecule has 2 aromatic heterocycles. The Labute approximate surface area is 197 Å². The topological polar surface area (TPSA) is 79.7 Å². The second-order valence-electron chi connectivity index (χ2n) is 7.63. The molecule has 0 atom stereocenters. The van der Waals surface area contributed by atoms with E-state index in [0.717, 1.165) is 16.3 Å². The van der Waals surface area contributed by atoms with E-state index >= 15 is 0 Å². The fourth-order valence-corrected chi connectivity index (χ4v) is 5.67. The Morgan fingerprint density at radius 1 is 0.824 bits per heavy atom. The maximum Gasteiger partial charge on any atom is 0.270 e. The van der Waals surface area contributed by atoms with Crippen LogP contribution in [0.3, 0.4) is 0 Å². The van der Waals surface area contributed by atoms with Crippen molar-refractivity contribution in [1.29, 1.82) is 0 Å². The number of nitrogens with zero attached hydrogens (tertiary/aromatic N) is 2. The van der Waals surface area contributed by atoms with Crippen molar-refractivity contribution in [3.05, 3.63) is 79.1 Å². The average Bonchev–Trinajstić information content (AvgIpc) is 3.27. The van der Waals surface area contributed by atoms with Crippen LogP contribution in [0.25, 0.3) is 32.9 Å². The number of para-hydroxylation sites is 1. The van der Waals surface area contributed by atoms with E-state index in [0.29, 0.717) is 33.8 Å². The van der Waals surface area contributed by atoms with Crippen LogP contribution in [0.5, 0.6) is 17.2 Å². The van der Waals surface area contributed by atoms with E-state index in [1.165, 1.54) is 3.97 Å². The van der Waals surface area contributed by atoms with Crippen molar-refractivity contribution in [2.24, 2.45) is 0 Å². The summed E-state index contributed by atoms with van der Waals surface area (Å²) in [5, 5.41) is 1.48. The van der Waals surface area contributed by atoms with E-state index in [9.17, 15) is 8.42 Å². The van der Waals surface area contributed by atoms with Gasteiger partial charge in [-0.15, -0.1) is 0 Å². The number of aromatic nitrogens is 2. The van der Waals surface area contributed by atoms with Crippen LogP contribution in [-0.2, 0) is 10.0 Å². The first kappa shape index (κ1) is 21.8. The molecule has 0 unspecified atom stereocenters. The maximum atomic E-state index is 13.9. The molecule has 3 aromatic carbocycles. The molecule has 0 amide bonds. The van der Waals surface area contributed by atoms with Gasteiger partial charge in [0.15, 0.2) is 11.5 Å². The van der Waals surface area contributed by atoms with Crippen molar-refractivity contribution in [1.82, 2.24) is 8.96 Å². The van der Waals surface area contributed by atoms with Crippen molar-refractivity contribution in [3.8, 4) is 28.4 Å². The standard InChI is InChI=1S/C26H22N2O5S/c1-31-19-10-11-22-20(15-19)21(18-9-12-23(32-2)24(14-18)33-3)16-28(22)34(29,30)25-8-4-6-17-7-5-13-27-26(17)25/h4-16H,1-3H3. The summed E-state index contributed by atoms with van der Waals surface area (Å²) in [6, 6.07) is 19.6. The van der Waals surface area contributed by atoms with Gasteiger partial charge in [-0.25, -0.2) is 12.4 Å². The molecule has 0 saturated carbocycles. The highest BCUT2D eigenvalue weighted by molar-refractivity contribution is 7.90. The van der Waals surface area contributed by atoms with E-state index in [4.69, 9.17) is 14.2 Å². The molecule has 0 fully saturated rings. The number of pyridine rings is 1. The summed E-state index contributed by atoms with van der Waals surface area (Å²) in [6.07, 6.45) is 3.22. The summed E-state index contributed by atoms with van der Waals surface area (Å²) in [4.78, 5) is 4.48. The lowest BCUT2D eigenvalue weighted by Crippen LogP contribution is -2.12. The molecule has 0 N–H and O–H groups in total. The van der Waals surface area contributed by atoms with Crippen LogP contribution in [0.4, 0.5) is 0 Å². The highest BCUT2D eigenvalue weighted by Gasteiger charge is 2.25. The van der Waals surface area contributed by atoms with Crippen LogP contribution < -0.4 is 14.2 Å². The molecule has 2 heterocycles. The van der Waals surface area contributed by atoms with Gasteiger partial charge in [-0.3, -0.25) is 4.98 Å². The van der Waals surface area contributed by atoms with E-state index in [1.54, 1.807) is 70.1 Å². The first-order valence-corrected chi connectivity index (χ1v) is 11.9. The van der Waals surface area contributed by atoms with Crippen LogP contribution >= 0.6 is 0 Å². The molecular formula is C26H22N2O5S. The predicted octanol–water partition coefficient (Wildman–Crippen LogP) is 5.12. The Bertz CT molecular complexity index is 1640. The molecule has 0 aliphatic rings. The molecule has 0 aliphatic carbocycles. The highest BCUT2D eigenvalue weighted by Crippen LogP contribution is 2.39. The van der Waals surface area contributed by atoms with Gasteiger partial charge in [0, 0.05) is 28.7 Å². The summed E-state index contributed by atoms with van der Waals surface area (Å²) >= 11 is 0. The number of rotatable bonds is 6. The van der Waals surface area contributed by atoms with E-state index in [2.05, 4.69) is 4.98 Å². The minimum Gasteiger partial charge on any atom is -0.497 e. The third kappa shape index (κ3) is 3.43. The van der Waals surface area contributed by atoms with Crippen LogP contribution in [0, 0.1) is 0 Å². The van der Waals surface area contributed by atoms with Crippen molar-refractivity contribution in [3.63, 3.8) is 0 Å². The lowest BCUT2D eigenvalue weighted by molar-refractivity contribution is 0.355. The van der Waals surface area contributed by atoms with Crippen molar-refractivity contribution in [2.45, 2.75) is 4.90 Å². The maximum absolute atomic E-state index is 13.9. The molecule has 8 heteroatoms. The number of methoxy groups -OCH3 is 3. The zero-order chi connectivity index (χ0) is 23.9. The normalized spacial score (nSPS) is 11.6. The molecule has 172 valence electrons. The van der Waals surface area contributed by atoms with E-state index < -0.39 is 10.0 Å². The van der Waals surface area contributed by atoms with Gasteiger partial charge < -0.3 is 14.2 Å². The third-order valence-corrected chi connectivity index (χ3v) is 7.51. The first-order valence-electron chi connectivity index (χ1n) is 10.5. The average molecular weight is 475 g/mol. The molecule has 7 nitrogen and oxygen atoms in total. The zero-order valence-electron chi connectivity index (χ0n) is 18.8. The summed E-state index contributed by atoms with van der Waals surface area (Å²) in [7, 11) is 0.736. The van der Waals surface area contributed by atoms with E-state index in [-0.39, 0.29) is 4.90 Å². The smallest absolute Gasteiger partial charge is 0.270 e. The van der Waals surface area contributed by atoms with Gasteiger partial charge in [0.1, 0.15) is 10.6 Å². The second kappa shape index (κ2) is 8.39. The SMILES string of the molecule is COc1ccc2c(c1)c(-c1ccc(OC)c(OC)c1)cn2S(=O)(=O)c1cccc2cccnc12. The Kier molecular flexibility index (Phi) is 5.37. The van der Waals surface area contributed by atoms with Gasteiger partial charge in [0.25, 0.3) is 10.0 Å². The number of hydrogen-bond acceptors (Lipinski definition) is 6. The minimum atomic E-state index is -3.97. The number of ether oxygens (including phenoxy) is 3. The fraction of sp³-hybridized carbons (Fsp3) is 0.115. The van der Waals surface area contributed by atoms with Gasteiger partial charge in [0.2, 0.25) is 0 Å². The fourth-order valence-electron chi connectivity index (χ4n) is 4.13. The molecule has 0 bridgehead atoms. The summed E-state index contributed by atoms with van der Waals surface area (Å²) in [6.45, 7) is 0. The lowest BCUT2D eigenvalue weighted by atomic mass is 10.0. The molecule has 5 rings (SSSR count). The third-order valence-electron chi connectivity index (χ3n) is 5.80. The van der Waals surface area contributed by atoms with Gasteiger partial charge >= 0.3 is 0 Å². The van der Waals surface area contributed by atoms with Crippen molar-refractivity contribution < 1.29 is 22.6 Å². The minimum absolute atomic E-state index is 0.136. The molecule has 0 spiro atoms. The number of hydrogen-bond donors (Lipinski definition) is 0. The Hall–Kier alpha value is -4.04. The van der Waals surface area contributed by atoms with Gasteiger partial charge in [-0.2, -0.15) is 0 Å². The Balaban J connectivity index is 1.79. The Morgan fingerprint density at radius 2 is 1.62 bits per heavy atom. The summed E-state index contributed by atoms with van der Waals surface area (Å²) in [5.74, 6) is 1.75. The van der Waals surface area contributed by atoms with Gasteiger partial charge in [-0.05, 0) is 48.0 Å². The summed E-state index contributed by atoms with van der Waals surface area (Å²) < 4.78 is 45.4. The number of benzene rings is 3. The zero-order valence-corrected chi connectivity index (χ0v) is 19.7. The second-order valence-corrected chi connectivity index (χ2v) is 9.41. The molecule has 0 radical (unpaired) electrons. The van der Waals surface area contributed by atoms with Gasteiger partial charge in [-0.1, -0.05) is 24.3 Å². The van der Waals surface area contributed by atoms with Gasteiger partial charge in [0.05, 0.1) is 32.4 Å². The molecule has 0 aliphatic heterocycles. The largest absolute Gasteiger partial charge is 0.497 e. The Morgan fingerprint density at radius 3 is 2.38 bits per heavy atom. The van der Waals surface area contributed by atoms with Crippen LogP contribution in [0.2, 0.25) is 0 Å². The first-order chi connectivity index (χ1) is 16.5. The van der Waals surface area contributed by atoms with Crippen LogP contribution in [-0.4, -0.2) is 38.7 Å².